The lowest BCUT2D eigenvalue weighted by molar-refractivity contribution is -0.162. The average Bonchev–Trinajstić information content (AvgIpc) is 3.28. The van der Waals surface area contributed by atoms with Crippen molar-refractivity contribution in [1.29, 1.82) is 0 Å². The van der Waals surface area contributed by atoms with Crippen molar-refractivity contribution < 1.29 is 19.1 Å². The van der Waals surface area contributed by atoms with Gasteiger partial charge in [0.25, 0.3) is 5.78 Å². The van der Waals surface area contributed by atoms with Crippen LogP contribution in [0.5, 0.6) is 0 Å². The van der Waals surface area contributed by atoms with Gasteiger partial charge in [0.05, 0.1) is 11.3 Å². The molecule has 6 rings (SSSR count). The number of fused-ring (bicyclic) bond motifs is 1. The van der Waals surface area contributed by atoms with Crippen molar-refractivity contribution in [2.75, 3.05) is 6.54 Å². The van der Waals surface area contributed by atoms with Crippen LogP contribution in [0.4, 0.5) is 0 Å². The van der Waals surface area contributed by atoms with Gasteiger partial charge in [-0.3, -0.25) is 9.59 Å². The van der Waals surface area contributed by atoms with E-state index in [9.17, 15) is 9.59 Å². The molecule has 0 N–H and O–H groups in total. The van der Waals surface area contributed by atoms with Crippen LogP contribution < -0.4 is 0 Å². The van der Waals surface area contributed by atoms with Crippen molar-refractivity contribution in [3.63, 3.8) is 0 Å². The van der Waals surface area contributed by atoms with Gasteiger partial charge in [-0.25, -0.2) is 4.79 Å². The number of hydrogen-bond donors (Lipinski definition) is 0. The molecule has 1 amide bonds. The molecule has 40 heavy (non-hydrogen) atoms. The van der Waals surface area contributed by atoms with Crippen LogP contribution in [0.25, 0.3) is 5.70 Å². The second-order valence-electron chi connectivity index (χ2n) is 10.1. The highest BCUT2D eigenvalue weighted by Crippen LogP contribution is 2.62. The molecule has 0 aliphatic carbocycles. The normalized spacial score (nSPS) is 19.9. The van der Waals surface area contributed by atoms with E-state index in [0.29, 0.717) is 34.5 Å². The molecule has 0 saturated carbocycles. The number of benzene rings is 4. The van der Waals surface area contributed by atoms with Crippen LogP contribution in [0.2, 0.25) is 0 Å². The van der Waals surface area contributed by atoms with Gasteiger partial charge in [-0.1, -0.05) is 135 Å². The maximum absolute atomic E-state index is 15.5. The monoisotopic (exact) mass is 527 g/mol. The van der Waals surface area contributed by atoms with Gasteiger partial charge in [-0.05, 0) is 23.1 Å². The lowest BCUT2D eigenvalue weighted by Crippen LogP contribution is -2.64. The van der Waals surface area contributed by atoms with Crippen LogP contribution in [0, 0.1) is 0 Å². The van der Waals surface area contributed by atoms with Gasteiger partial charge in [-0.15, -0.1) is 0 Å². The Morgan fingerprint density at radius 1 is 0.650 bits per heavy atom. The molecule has 2 aliphatic rings. The molecule has 1 saturated heterocycles. The maximum atomic E-state index is 15.5. The highest BCUT2D eigenvalue weighted by atomic mass is 16.6. The molecule has 0 aromatic heterocycles. The van der Waals surface area contributed by atoms with Crippen molar-refractivity contribution >= 4 is 23.4 Å². The molecule has 0 radical (unpaired) electrons. The Morgan fingerprint density at radius 3 is 1.62 bits per heavy atom. The molecule has 5 nitrogen and oxygen atoms in total. The minimum absolute atomic E-state index is 0.193. The third-order valence-corrected chi connectivity index (χ3v) is 7.99. The summed E-state index contributed by atoms with van der Waals surface area (Å²) in [4.78, 5) is 44.8. The summed E-state index contributed by atoms with van der Waals surface area (Å²) in [5, 5.41) is 0. The Bertz CT molecular complexity index is 1560. The van der Waals surface area contributed by atoms with Crippen LogP contribution in [-0.2, 0) is 30.1 Å². The fraction of sp³-hybridized carbons (Fsp3) is 0.171. The molecule has 2 aliphatic heterocycles. The zero-order valence-electron chi connectivity index (χ0n) is 22.2. The van der Waals surface area contributed by atoms with E-state index in [0.717, 1.165) is 12.8 Å². The minimum atomic E-state index is -1.74. The molecule has 4 aromatic carbocycles. The largest absolute Gasteiger partial charge is 0.441 e. The summed E-state index contributed by atoms with van der Waals surface area (Å²) >= 11 is 0. The summed E-state index contributed by atoms with van der Waals surface area (Å²) in [5.41, 5.74) is -0.153. The third kappa shape index (κ3) is 3.51. The van der Waals surface area contributed by atoms with E-state index in [2.05, 4.69) is 6.92 Å². The number of hydrogen-bond acceptors (Lipinski definition) is 4. The summed E-state index contributed by atoms with van der Waals surface area (Å²) in [7, 11) is 0. The van der Waals surface area contributed by atoms with Gasteiger partial charge in [-0.2, -0.15) is 0 Å². The highest BCUT2D eigenvalue weighted by Gasteiger charge is 2.73. The number of carbonyl (C=O) groups is 3. The first-order valence-electron chi connectivity index (χ1n) is 13.6. The first-order valence-corrected chi connectivity index (χ1v) is 13.6. The predicted octanol–water partition coefficient (Wildman–Crippen LogP) is 6.05. The molecular formula is C35H29NO4. The van der Waals surface area contributed by atoms with Gasteiger partial charge in [0.2, 0.25) is 5.91 Å². The molecule has 0 unspecified atom stereocenters. The SMILES string of the molecule is CCCCN1C(=O)C(c2ccccc2)(c2ccccc2)[C@]2(c3ccccc3)OC(=O)C(=O)C2=C1c1ccccc1. The van der Waals surface area contributed by atoms with Gasteiger partial charge >= 0.3 is 5.97 Å². The van der Waals surface area contributed by atoms with Crippen molar-refractivity contribution in [2.45, 2.75) is 30.8 Å². The second kappa shape index (κ2) is 10.1. The lowest BCUT2D eigenvalue weighted by Gasteiger charge is -2.53. The molecule has 1 fully saturated rings. The molecule has 1 atom stereocenters. The van der Waals surface area contributed by atoms with Crippen molar-refractivity contribution in [1.82, 2.24) is 4.90 Å². The second-order valence-corrected chi connectivity index (χ2v) is 10.1. The minimum Gasteiger partial charge on any atom is -0.441 e. The van der Waals surface area contributed by atoms with Crippen LogP contribution in [0.1, 0.15) is 42.0 Å². The first-order chi connectivity index (χ1) is 19.6. The number of unbranched alkanes of at least 4 members (excludes halogenated alkanes) is 1. The van der Waals surface area contributed by atoms with E-state index in [-0.39, 0.29) is 11.5 Å². The van der Waals surface area contributed by atoms with E-state index in [1.165, 1.54) is 0 Å². The maximum Gasteiger partial charge on any atom is 0.380 e. The summed E-state index contributed by atoms with van der Waals surface area (Å²) in [6, 6.07) is 37.4. The molecule has 198 valence electrons. The van der Waals surface area contributed by atoms with E-state index in [4.69, 9.17) is 4.74 Å². The van der Waals surface area contributed by atoms with Crippen LogP contribution >= 0.6 is 0 Å². The first kappa shape index (κ1) is 25.5. The zero-order valence-corrected chi connectivity index (χ0v) is 22.2. The van der Waals surface area contributed by atoms with Crippen molar-refractivity contribution in [3.8, 4) is 0 Å². The van der Waals surface area contributed by atoms with Gasteiger partial charge < -0.3 is 9.64 Å². The van der Waals surface area contributed by atoms with Crippen LogP contribution in [-0.4, -0.2) is 29.1 Å². The molecule has 0 bridgehead atoms. The summed E-state index contributed by atoms with van der Waals surface area (Å²) in [5.74, 6) is -1.94. The fourth-order valence-electron chi connectivity index (χ4n) is 6.34. The molecule has 2 heterocycles. The fourth-order valence-corrected chi connectivity index (χ4v) is 6.34. The molecule has 5 heteroatoms. The number of ketones is 1. The summed E-state index contributed by atoms with van der Waals surface area (Å²) in [6.07, 6.45) is 1.56. The Labute approximate surface area is 233 Å². The summed E-state index contributed by atoms with van der Waals surface area (Å²) in [6.45, 7) is 2.45. The predicted molar refractivity (Wildman–Crippen MR) is 153 cm³/mol. The van der Waals surface area contributed by atoms with Gasteiger partial charge in [0.1, 0.15) is 5.41 Å². The molecule has 4 aromatic rings. The van der Waals surface area contributed by atoms with Gasteiger partial charge in [0, 0.05) is 12.1 Å². The van der Waals surface area contributed by atoms with E-state index >= 15 is 4.79 Å². The number of Topliss-reactive ketones (excluding diaryl/α,β-unsaturated/α-hetero) is 1. The number of esters is 1. The number of amides is 1. The van der Waals surface area contributed by atoms with Gasteiger partial charge in [0.15, 0.2) is 5.60 Å². The Morgan fingerprint density at radius 2 is 1.12 bits per heavy atom. The Kier molecular flexibility index (Phi) is 6.43. The third-order valence-electron chi connectivity index (χ3n) is 7.99. The van der Waals surface area contributed by atoms with Crippen LogP contribution in [0.15, 0.2) is 127 Å². The average molecular weight is 528 g/mol. The van der Waals surface area contributed by atoms with E-state index in [1.54, 1.807) is 4.90 Å². The van der Waals surface area contributed by atoms with Crippen LogP contribution in [0.3, 0.4) is 0 Å². The number of ether oxygens (including phenoxy) is 1. The molecule has 0 spiro atoms. The summed E-state index contributed by atoms with van der Waals surface area (Å²) < 4.78 is 6.36. The van der Waals surface area contributed by atoms with E-state index < -0.39 is 22.8 Å². The number of carbonyl (C=O) groups excluding carboxylic acids is 3. The Balaban J connectivity index is 1.86. The lowest BCUT2D eigenvalue weighted by atomic mass is 9.55. The zero-order chi connectivity index (χ0) is 27.7. The standard InChI is InChI=1S/C35H29NO4/c1-2-3-24-36-30(25-16-8-4-9-17-25)29-31(37)32(38)40-35(29,28-22-14-7-15-23-28)34(33(36)39,26-18-10-5-11-19-26)27-20-12-6-13-21-27/h4-23H,2-3,24H2,1H3/t35-/m1/s1. The quantitative estimate of drug-likeness (QED) is 0.217. The number of nitrogens with zero attached hydrogens (tertiary/aromatic N) is 1. The highest BCUT2D eigenvalue weighted by molar-refractivity contribution is 6.46. The molecular weight excluding hydrogens is 498 g/mol. The Hall–Kier alpha value is -4.77. The van der Waals surface area contributed by atoms with Crippen molar-refractivity contribution in [2.24, 2.45) is 0 Å². The van der Waals surface area contributed by atoms with Crippen molar-refractivity contribution in [3.05, 3.63) is 149 Å². The number of rotatable bonds is 7. The smallest absolute Gasteiger partial charge is 0.380 e. The topological polar surface area (TPSA) is 63.7 Å². The van der Waals surface area contributed by atoms with E-state index in [1.807, 2.05) is 121 Å².